The number of imide groups is 1. The minimum absolute atomic E-state index is 0.327. The van der Waals surface area contributed by atoms with Gasteiger partial charge in [-0.05, 0) is 26.0 Å². The van der Waals surface area contributed by atoms with Crippen molar-refractivity contribution in [1.29, 1.82) is 0 Å². The number of amides is 3. The van der Waals surface area contributed by atoms with Crippen LogP contribution in [0.4, 0.5) is 23.8 Å². The van der Waals surface area contributed by atoms with Crippen LogP contribution in [0.2, 0.25) is 0 Å². The van der Waals surface area contributed by atoms with Gasteiger partial charge >= 0.3 is 12.2 Å². The van der Waals surface area contributed by atoms with Crippen molar-refractivity contribution in [3.63, 3.8) is 0 Å². The first-order chi connectivity index (χ1) is 9.06. The highest BCUT2D eigenvalue weighted by Gasteiger charge is 2.50. The van der Waals surface area contributed by atoms with Crippen LogP contribution in [0.5, 0.6) is 0 Å². The zero-order valence-corrected chi connectivity index (χ0v) is 11.0. The third-order valence-corrected chi connectivity index (χ3v) is 3.35. The molecule has 2 rings (SSSR count). The highest BCUT2D eigenvalue weighted by atomic mass is 19.4. The van der Waals surface area contributed by atoms with E-state index in [1.807, 2.05) is 0 Å². The quantitative estimate of drug-likeness (QED) is 0.745. The van der Waals surface area contributed by atoms with Crippen LogP contribution in [0.3, 0.4) is 0 Å². The fraction of sp³-hybridized carbons (Fsp3) is 0.417. The number of nitrogens with zero attached hydrogens (tertiary/aromatic N) is 3. The molecule has 1 aliphatic rings. The summed E-state index contributed by atoms with van der Waals surface area (Å²) < 4.78 is 38.0. The minimum Gasteiger partial charge on any atom is -0.313 e. The second-order valence-corrected chi connectivity index (χ2v) is 4.94. The van der Waals surface area contributed by atoms with E-state index in [0.29, 0.717) is 11.0 Å². The maximum atomic E-state index is 12.7. The molecule has 1 fully saturated rings. The number of urea groups is 1. The number of likely N-dealkylation sites (N-methyl/N-ethyl adjacent to an activating group) is 1. The van der Waals surface area contributed by atoms with Gasteiger partial charge in [-0.2, -0.15) is 13.2 Å². The third kappa shape index (κ3) is 2.00. The Morgan fingerprint density at radius 3 is 2.30 bits per heavy atom. The number of rotatable bonds is 1. The predicted molar refractivity (Wildman–Crippen MR) is 64.0 cm³/mol. The van der Waals surface area contributed by atoms with Gasteiger partial charge < -0.3 is 4.90 Å². The van der Waals surface area contributed by atoms with Crippen molar-refractivity contribution in [2.75, 3.05) is 11.9 Å². The summed E-state index contributed by atoms with van der Waals surface area (Å²) in [6.07, 6.45) is -3.64. The molecule has 0 N–H and O–H groups in total. The van der Waals surface area contributed by atoms with E-state index < -0.39 is 29.2 Å². The summed E-state index contributed by atoms with van der Waals surface area (Å²) in [5.41, 5.74) is -2.08. The third-order valence-electron chi connectivity index (χ3n) is 3.35. The number of carbonyl (C=O) groups is 2. The van der Waals surface area contributed by atoms with Crippen LogP contribution in [0.15, 0.2) is 18.3 Å². The summed E-state index contributed by atoms with van der Waals surface area (Å²) in [6, 6.07) is 0.765. The molecule has 108 valence electrons. The van der Waals surface area contributed by atoms with Crippen LogP contribution >= 0.6 is 0 Å². The Morgan fingerprint density at radius 2 is 1.85 bits per heavy atom. The Bertz CT molecular complexity index is 584. The van der Waals surface area contributed by atoms with E-state index in [9.17, 15) is 22.8 Å². The highest BCUT2D eigenvalue weighted by molar-refractivity contribution is 6.22. The van der Waals surface area contributed by atoms with E-state index in [-0.39, 0.29) is 5.82 Å². The van der Waals surface area contributed by atoms with Gasteiger partial charge in [-0.1, -0.05) is 0 Å². The minimum atomic E-state index is -4.56. The van der Waals surface area contributed by atoms with Crippen molar-refractivity contribution in [1.82, 2.24) is 9.88 Å². The second-order valence-electron chi connectivity index (χ2n) is 4.94. The molecule has 0 unspecified atom stereocenters. The van der Waals surface area contributed by atoms with Crippen molar-refractivity contribution in [3.05, 3.63) is 23.9 Å². The fourth-order valence-corrected chi connectivity index (χ4v) is 1.81. The van der Waals surface area contributed by atoms with Gasteiger partial charge in [-0.15, -0.1) is 0 Å². The summed E-state index contributed by atoms with van der Waals surface area (Å²) in [6.45, 7) is 3.03. The number of hydrogen-bond donors (Lipinski definition) is 0. The Morgan fingerprint density at radius 1 is 1.25 bits per heavy atom. The average Bonchev–Trinajstić information content (AvgIpc) is 2.50. The number of anilines is 1. The summed E-state index contributed by atoms with van der Waals surface area (Å²) in [4.78, 5) is 29.7. The summed E-state index contributed by atoms with van der Waals surface area (Å²) in [5, 5.41) is 0. The van der Waals surface area contributed by atoms with Crippen molar-refractivity contribution in [2.24, 2.45) is 0 Å². The zero-order valence-electron chi connectivity index (χ0n) is 11.0. The molecule has 1 saturated heterocycles. The number of pyridine rings is 1. The van der Waals surface area contributed by atoms with Gasteiger partial charge in [0.2, 0.25) is 0 Å². The monoisotopic (exact) mass is 287 g/mol. The summed E-state index contributed by atoms with van der Waals surface area (Å²) >= 11 is 0. The van der Waals surface area contributed by atoms with E-state index in [4.69, 9.17) is 0 Å². The molecule has 0 aliphatic carbocycles. The van der Waals surface area contributed by atoms with Gasteiger partial charge in [-0.25, -0.2) is 14.7 Å². The molecule has 20 heavy (non-hydrogen) atoms. The first-order valence-corrected chi connectivity index (χ1v) is 5.72. The Hall–Kier alpha value is -2.12. The molecule has 1 aromatic heterocycles. The number of carbonyl (C=O) groups excluding carboxylic acids is 2. The number of aromatic nitrogens is 1. The first-order valence-electron chi connectivity index (χ1n) is 5.72. The van der Waals surface area contributed by atoms with Gasteiger partial charge in [0.15, 0.2) is 0 Å². The molecule has 3 amide bonds. The van der Waals surface area contributed by atoms with Gasteiger partial charge in [0.05, 0.1) is 5.56 Å². The normalized spacial score (nSPS) is 18.9. The molecule has 0 saturated carbocycles. The summed E-state index contributed by atoms with van der Waals surface area (Å²) in [7, 11) is 1.41. The Labute approximate surface area is 113 Å². The Kier molecular flexibility index (Phi) is 2.99. The van der Waals surface area contributed by atoms with Gasteiger partial charge in [-0.3, -0.25) is 4.79 Å². The number of halogens is 3. The molecule has 0 bridgehead atoms. The molecule has 1 aromatic rings. The largest absolute Gasteiger partial charge is 0.416 e. The molecule has 5 nitrogen and oxygen atoms in total. The van der Waals surface area contributed by atoms with Crippen molar-refractivity contribution in [3.8, 4) is 0 Å². The second kappa shape index (κ2) is 4.19. The van der Waals surface area contributed by atoms with Crippen LogP contribution in [0, 0.1) is 0 Å². The van der Waals surface area contributed by atoms with Crippen molar-refractivity contribution >= 4 is 17.8 Å². The van der Waals surface area contributed by atoms with E-state index >= 15 is 0 Å². The van der Waals surface area contributed by atoms with Crippen LogP contribution < -0.4 is 4.90 Å². The van der Waals surface area contributed by atoms with E-state index in [1.54, 1.807) is 0 Å². The first kappa shape index (κ1) is 14.3. The van der Waals surface area contributed by atoms with Crippen molar-refractivity contribution < 1.29 is 22.8 Å². The van der Waals surface area contributed by atoms with Gasteiger partial charge in [0.25, 0.3) is 5.91 Å². The van der Waals surface area contributed by atoms with Crippen LogP contribution in [0.25, 0.3) is 0 Å². The number of hydrogen-bond acceptors (Lipinski definition) is 3. The lowest BCUT2D eigenvalue weighted by Gasteiger charge is -2.22. The van der Waals surface area contributed by atoms with Crippen LogP contribution in [-0.2, 0) is 11.0 Å². The van der Waals surface area contributed by atoms with Gasteiger partial charge in [0, 0.05) is 13.2 Å². The SMILES string of the molecule is CN1C(=O)N(c2cc(C(F)(F)F)ccn2)C(=O)C1(C)C. The molecular formula is C12H12F3N3O2. The van der Waals surface area contributed by atoms with E-state index in [0.717, 1.165) is 17.2 Å². The van der Waals surface area contributed by atoms with E-state index in [2.05, 4.69) is 4.98 Å². The van der Waals surface area contributed by atoms with E-state index in [1.165, 1.54) is 20.9 Å². The number of alkyl halides is 3. The topological polar surface area (TPSA) is 53.5 Å². The maximum absolute atomic E-state index is 12.7. The Balaban J connectivity index is 2.48. The molecular weight excluding hydrogens is 275 g/mol. The molecule has 0 atom stereocenters. The smallest absolute Gasteiger partial charge is 0.313 e. The van der Waals surface area contributed by atoms with Gasteiger partial charge in [0.1, 0.15) is 11.4 Å². The lowest BCUT2D eigenvalue weighted by Crippen LogP contribution is -2.41. The summed E-state index contributed by atoms with van der Waals surface area (Å²) in [5.74, 6) is -0.941. The lowest BCUT2D eigenvalue weighted by atomic mass is 10.1. The van der Waals surface area contributed by atoms with Crippen LogP contribution in [-0.4, -0.2) is 34.4 Å². The average molecular weight is 287 g/mol. The standard InChI is InChI=1S/C12H12F3N3O2/c1-11(2)9(19)18(10(20)17(11)3)8-6-7(4-5-16-8)12(13,14)15/h4-6H,1-3H3. The zero-order chi connectivity index (χ0) is 15.3. The molecule has 0 radical (unpaired) electrons. The fourth-order valence-electron chi connectivity index (χ4n) is 1.81. The molecule has 2 heterocycles. The molecule has 1 aliphatic heterocycles. The molecule has 0 spiro atoms. The van der Waals surface area contributed by atoms with Crippen LogP contribution in [0.1, 0.15) is 19.4 Å². The molecule has 8 heteroatoms. The predicted octanol–water partition coefficient (Wildman–Crippen LogP) is 2.28. The molecule has 0 aromatic carbocycles. The maximum Gasteiger partial charge on any atom is 0.416 e. The lowest BCUT2D eigenvalue weighted by molar-refractivity contribution is -0.137. The highest BCUT2D eigenvalue weighted by Crippen LogP contribution is 2.34. The van der Waals surface area contributed by atoms with Crippen molar-refractivity contribution in [2.45, 2.75) is 25.6 Å².